The maximum absolute atomic E-state index is 12.0. The number of thioether (sulfide) groups is 2. The molecule has 17 nitrogen and oxygen atoms in total. The molecule has 0 aromatic carbocycles. The van der Waals surface area contributed by atoms with Crippen LogP contribution in [-0.2, 0) is 18.9 Å². The van der Waals surface area contributed by atoms with Crippen LogP contribution in [-0.4, -0.2) is 149 Å². The van der Waals surface area contributed by atoms with Crippen molar-refractivity contribution in [2.45, 2.75) is 111 Å². The number of aromatic amines is 1. The molecule has 19 heteroatoms. The molecule has 0 unspecified atom stereocenters. The van der Waals surface area contributed by atoms with Crippen molar-refractivity contribution in [3.05, 3.63) is 33.1 Å². The van der Waals surface area contributed by atoms with Gasteiger partial charge >= 0.3 is 5.69 Å². The van der Waals surface area contributed by atoms with Gasteiger partial charge in [0, 0.05) is 24.6 Å². The van der Waals surface area contributed by atoms with Crippen LogP contribution >= 0.6 is 23.5 Å². The third-order valence-corrected chi connectivity index (χ3v) is 10.8. The minimum Gasteiger partial charge on any atom is -0.389 e. The van der Waals surface area contributed by atoms with E-state index >= 15 is 0 Å². The molecule has 0 spiro atoms. The number of aromatic nitrogens is 2. The van der Waals surface area contributed by atoms with Crippen LogP contribution in [0.4, 0.5) is 0 Å². The Balaban J connectivity index is 1.11. The molecular weight excluding hydrogens is 650 g/mol. The van der Waals surface area contributed by atoms with Gasteiger partial charge in [0.25, 0.3) is 5.56 Å². The molecule has 14 atom stereocenters. The number of nitrogens with two attached hydrogens (primary N) is 3. The molecule has 13 N–H and O–H groups in total. The summed E-state index contributed by atoms with van der Waals surface area (Å²) in [7, 11) is 0. The van der Waals surface area contributed by atoms with Gasteiger partial charge in [-0.2, -0.15) is 11.8 Å². The highest BCUT2D eigenvalue weighted by molar-refractivity contribution is 7.99. The molecular formula is C27H47N5O12S2. The first kappa shape index (κ1) is 37.7. The molecule has 0 bridgehead atoms. The van der Waals surface area contributed by atoms with E-state index in [-0.39, 0.29) is 13.2 Å². The fourth-order valence-corrected chi connectivity index (χ4v) is 7.80. The smallest absolute Gasteiger partial charge is 0.330 e. The second kappa shape index (κ2) is 17.5. The molecule has 4 heterocycles. The maximum Gasteiger partial charge on any atom is 0.330 e. The zero-order valence-electron chi connectivity index (χ0n) is 25.2. The van der Waals surface area contributed by atoms with Crippen LogP contribution in [0.5, 0.6) is 0 Å². The van der Waals surface area contributed by atoms with E-state index in [9.17, 15) is 40.2 Å². The van der Waals surface area contributed by atoms with E-state index in [0.29, 0.717) is 11.5 Å². The van der Waals surface area contributed by atoms with E-state index in [1.54, 1.807) is 11.8 Å². The van der Waals surface area contributed by atoms with E-state index < -0.39 is 96.2 Å². The Morgan fingerprint density at radius 2 is 1.46 bits per heavy atom. The first-order chi connectivity index (χ1) is 21.9. The minimum absolute atomic E-state index is 0.0611. The Bertz CT molecular complexity index is 1200. The van der Waals surface area contributed by atoms with Gasteiger partial charge in [-0.05, 0) is 24.3 Å². The average Bonchev–Trinajstić information content (AvgIpc) is 3.31. The largest absolute Gasteiger partial charge is 0.389 e. The maximum atomic E-state index is 12.0. The zero-order valence-corrected chi connectivity index (χ0v) is 26.9. The number of nitrogens with one attached hydrogen (secondary N) is 1. The summed E-state index contributed by atoms with van der Waals surface area (Å²) in [6, 6.07) is -0.739. The number of ether oxygens (including phenoxy) is 4. The summed E-state index contributed by atoms with van der Waals surface area (Å²) in [5.41, 5.74) is 15.8. The second-order valence-electron chi connectivity index (χ2n) is 11.7. The van der Waals surface area contributed by atoms with Gasteiger partial charge in [0.15, 0.2) is 12.5 Å². The van der Waals surface area contributed by atoms with Crippen LogP contribution in [0, 0.1) is 0 Å². The lowest BCUT2D eigenvalue weighted by Gasteiger charge is -2.43. The number of aliphatic hydroxyl groups is 6. The zero-order chi connectivity index (χ0) is 33.5. The van der Waals surface area contributed by atoms with Crippen LogP contribution in [0.2, 0.25) is 0 Å². The SMILES string of the molecule is NC[C@H]1O[C@@H](OC[C@H]2O[C@@H](SCCCCCCSC[C@H]3O[C@@H](n4ccc(=O)[nH]c4=O)[C@H](O)[C@@H]3O)[C@H](N)[C@@H](O)[C@@H]2O)[C@H](N)[C@@H](O)[C@@H]1O. The lowest BCUT2D eigenvalue weighted by Crippen LogP contribution is -2.64. The molecule has 0 amide bonds. The van der Waals surface area contributed by atoms with E-state index in [1.807, 2.05) is 0 Å². The van der Waals surface area contributed by atoms with Gasteiger partial charge < -0.3 is 66.8 Å². The monoisotopic (exact) mass is 697 g/mol. The second-order valence-corrected chi connectivity index (χ2v) is 14.1. The molecule has 264 valence electrons. The summed E-state index contributed by atoms with van der Waals surface area (Å²) in [6.45, 7) is -0.263. The Morgan fingerprint density at radius 1 is 0.804 bits per heavy atom. The van der Waals surface area contributed by atoms with Crippen molar-refractivity contribution in [1.82, 2.24) is 9.55 Å². The number of rotatable bonds is 15. The number of hydrogen-bond donors (Lipinski definition) is 10. The van der Waals surface area contributed by atoms with Crippen LogP contribution in [0.25, 0.3) is 0 Å². The average molecular weight is 698 g/mol. The normalized spacial score (nSPS) is 39.9. The van der Waals surface area contributed by atoms with E-state index in [0.717, 1.165) is 42.1 Å². The molecule has 4 rings (SSSR count). The number of nitrogens with zero attached hydrogens (tertiary/aromatic N) is 1. The molecule has 3 aliphatic heterocycles. The van der Waals surface area contributed by atoms with Gasteiger partial charge in [-0.25, -0.2) is 4.79 Å². The lowest BCUT2D eigenvalue weighted by molar-refractivity contribution is -0.272. The van der Waals surface area contributed by atoms with Gasteiger partial charge in [-0.1, -0.05) is 12.8 Å². The van der Waals surface area contributed by atoms with Crippen molar-refractivity contribution in [3.8, 4) is 0 Å². The summed E-state index contributed by atoms with van der Waals surface area (Å²) in [6.07, 6.45) is -7.42. The predicted molar refractivity (Wildman–Crippen MR) is 168 cm³/mol. The quantitative estimate of drug-likeness (QED) is 0.0776. The molecule has 3 fully saturated rings. The summed E-state index contributed by atoms with van der Waals surface area (Å²) >= 11 is 3.00. The third kappa shape index (κ3) is 9.10. The molecule has 1 aromatic heterocycles. The highest BCUT2D eigenvalue weighted by atomic mass is 32.2. The minimum atomic E-state index is -1.32. The lowest BCUT2D eigenvalue weighted by atomic mass is 9.97. The third-order valence-electron chi connectivity index (χ3n) is 8.36. The van der Waals surface area contributed by atoms with Crippen LogP contribution in [0.15, 0.2) is 21.9 Å². The van der Waals surface area contributed by atoms with Gasteiger partial charge in [0.05, 0.1) is 24.8 Å². The predicted octanol–water partition coefficient (Wildman–Crippen LogP) is -4.29. The highest BCUT2D eigenvalue weighted by Gasteiger charge is 2.46. The number of unbranched alkanes of at least 4 members (excludes halogenated alkanes) is 3. The summed E-state index contributed by atoms with van der Waals surface area (Å²) in [4.78, 5) is 25.4. The molecule has 1 aromatic rings. The summed E-state index contributed by atoms with van der Waals surface area (Å²) in [5.74, 6) is 1.93. The Labute approximate surface area is 273 Å². The molecule has 3 aliphatic rings. The molecule has 0 radical (unpaired) electrons. The van der Waals surface area contributed by atoms with Gasteiger partial charge in [-0.15, -0.1) is 11.8 Å². The van der Waals surface area contributed by atoms with Crippen molar-refractivity contribution >= 4 is 23.5 Å². The standard InChI is InChI=1S/C27H47N5O12S2/c28-9-12-18(34)21(37)16(29)25(43-12)41-10-13-19(35)22(38)17(30)26(44-13)46-8-4-2-1-3-7-45-11-14-20(36)23(39)24(42-14)32-6-5-15(33)31-27(32)40/h5-6,12-14,16-26,34-39H,1-4,7-11,28-30H2,(H,31,33,40)/t12-,13-,14-,16-,17-,18-,19-,20-,21-,22-,23-,24-,25-,26+/m1/s1. The molecule has 0 saturated carbocycles. The van der Waals surface area contributed by atoms with E-state index in [4.69, 9.17) is 36.1 Å². The van der Waals surface area contributed by atoms with Crippen LogP contribution in [0.1, 0.15) is 31.9 Å². The number of hydrogen-bond acceptors (Lipinski definition) is 17. The van der Waals surface area contributed by atoms with Crippen LogP contribution < -0.4 is 28.5 Å². The fourth-order valence-electron chi connectivity index (χ4n) is 5.51. The van der Waals surface area contributed by atoms with Gasteiger partial charge in [-0.3, -0.25) is 14.3 Å². The first-order valence-electron chi connectivity index (χ1n) is 15.3. The Hall–Kier alpha value is -1.14. The van der Waals surface area contributed by atoms with Crippen molar-refractivity contribution < 1.29 is 49.6 Å². The fraction of sp³-hybridized carbons (Fsp3) is 0.852. The Morgan fingerprint density at radius 3 is 2.15 bits per heavy atom. The number of aliphatic hydroxyl groups excluding tert-OH is 6. The van der Waals surface area contributed by atoms with E-state index in [1.165, 1.54) is 18.0 Å². The Kier molecular flexibility index (Phi) is 14.3. The summed E-state index contributed by atoms with van der Waals surface area (Å²) in [5, 5.41) is 62.0. The van der Waals surface area contributed by atoms with Crippen molar-refractivity contribution in [2.75, 3.05) is 30.4 Å². The highest BCUT2D eigenvalue weighted by Crippen LogP contribution is 2.31. The van der Waals surface area contributed by atoms with Crippen molar-refractivity contribution in [1.29, 1.82) is 0 Å². The topological polar surface area (TPSA) is 291 Å². The van der Waals surface area contributed by atoms with Gasteiger partial charge in [0.1, 0.15) is 54.3 Å². The van der Waals surface area contributed by atoms with E-state index in [2.05, 4.69) is 4.98 Å². The molecule has 3 saturated heterocycles. The molecule has 0 aliphatic carbocycles. The molecule has 46 heavy (non-hydrogen) atoms. The first-order valence-corrected chi connectivity index (χ1v) is 17.5. The summed E-state index contributed by atoms with van der Waals surface area (Å²) < 4.78 is 24.0. The van der Waals surface area contributed by atoms with Crippen molar-refractivity contribution in [3.63, 3.8) is 0 Å². The van der Waals surface area contributed by atoms with Crippen molar-refractivity contribution in [2.24, 2.45) is 17.2 Å². The van der Waals surface area contributed by atoms with Gasteiger partial charge in [0.2, 0.25) is 0 Å². The number of H-pyrrole nitrogens is 1. The van der Waals surface area contributed by atoms with Crippen LogP contribution in [0.3, 0.4) is 0 Å².